The van der Waals surface area contributed by atoms with Crippen molar-refractivity contribution in [1.82, 2.24) is 0 Å². The van der Waals surface area contributed by atoms with Gasteiger partial charge in [0, 0.05) is 24.6 Å². The summed E-state index contributed by atoms with van der Waals surface area (Å²) in [7, 11) is 0. The smallest absolute Gasteiger partial charge is 0.335 e. The van der Waals surface area contributed by atoms with Gasteiger partial charge in [0.25, 0.3) is 0 Å². The highest BCUT2D eigenvalue weighted by atomic mass is 16.5. The minimum atomic E-state index is -0.972. The van der Waals surface area contributed by atoms with E-state index in [1.165, 1.54) is 12.1 Å². The van der Waals surface area contributed by atoms with Crippen molar-refractivity contribution in [3.05, 3.63) is 90.0 Å². The lowest BCUT2D eigenvalue weighted by atomic mass is 10.1. The van der Waals surface area contributed by atoms with Gasteiger partial charge in [-0.1, -0.05) is 30.3 Å². The molecule has 1 aliphatic rings. The average molecular weight is 417 g/mol. The molecule has 4 rings (SSSR count). The fraction of sp³-hybridized carbons (Fsp3) is 0.200. The van der Waals surface area contributed by atoms with E-state index in [1.54, 1.807) is 17.0 Å². The number of anilines is 1. The number of carbonyl (C=O) groups excluding carboxylic acids is 1. The van der Waals surface area contributed by atoms with E-state index in [1.807, 2.05) is 54.6 Å². The first-order valence-corrected chi connectivity index (χ1v) is 10.1. The average Bonchev–Trinajstić information content (AvgIpc) is 3.18. The van der Waals surface area contributed by atoms with Gasteiger partial charge in [0.2, 0.25) is 5.91 Å². The first kappa shape index (κ1) is 20.5. The van der Waals surface area contributed by atoms with Crippen LogP contribution in [0.15, 0.2) is 78.9 Å². The Balaban J connectivity index is 1.30. The number of carbonyl (C=O) groups is 2. The molecule has 6 nitrogen and oxygen atoms in total. The molecule has 0 spiro atoms. The van der Waals surface area contributed by atoms with Gasteiger partial charge in [0.15, 0.2) is 0 Å². The Labute approximate surface area is 180 Å². The van der Waals surface area contributed by atoms with Gasteiger partial charge in [0.1, 0.15) is 18.1 Å². The molecule has 31 heavy (non-hydrogen) atoms. The zero-order valence-electron chi connectivity index (χ0n) is 16.9. The van der Waals surface area contributed by atoms with E-state index >= 15 is 0 Å². The molecule has 1 amide bonds. The van der Waals surface area contributed by atoms with Crippen LogP contribution in [-0.4, -0.2) is 30.1 Å². The van der Waals surface area contributed by atoms with Crippen LogP contribution in [0, 0.1) is 5.92 Å². The van der Waals surface area contributed by atoms with Crippen molar-refractivity contribution in [2.24, 2.45) is 5.92 Å². The molecule has 1 N–H and O–H groups in total. The highest BCUT2D eigenvalue weighted by Crippen LogP contribution is 2.27. The molecule has 0 saturated carbocycles. The number of carboxylic acids is 1. The standard InChI is InChI=1S/C25H23NO5/c27-24-14-19(17-31-22-10-6-20(7-11-22)25(28)29)15-26(24)21-8-12-23(13-9-21)30-16-18-4-2-1-3-5-18/h1-13,19H,14-17H2,(H,28,29). The van der Waals surface area contributed by atoms with Crippen molar-refractivity contribution in [1.29, 1.82) is 0 Å². The van der Waals surface area contributed by atoms with Crippen LogP contribution in [0.3, 0.4) is 0 Å². The van der Waals surface area contributed by atoms with Gasteiger partial charge in [-0.2, -0.15) is 0 Å². The molecule has 1 unspecified atom stereocenters. The predicted molar refractivity (Wildman–Crippen MR) is 117 cm³/mol. The second kappa shape index (κ2) is 9.34. The van der Waals surface area contributed by atoms with Crippen LogP contribution < -0.4 is 14.4 Å². The van der Waals surface area contributed by atoms with Gasteiger partial charge in [-0.3, -0.25) is 4.79 Å². The molecule has 3 aromatic rings. The number of rotatable bonds is 8. The van der Waals surface area contributed by atoms with Crippen molar-refractivity contribution < 1.29 is 24.2 Å². The molecule has 1 atom stereocenters. The van der Waals surface area contributed by atoms with Crippen molar-refractivity contribution in [3.8, 4) is 11.5 Å². The Morgan fingerprint density at radius 1 is 0.903 bits per heavy atom. The second-order valence-corrected chi connectivity index (χ2v) is 7.48. The third kappa shape index (κ3) is 5.22. The summed E-state index contributed by atoms with van der Waals surface area (Å²) < 4.78 is 11.6. The fourth-order valence-electron chi connectivity index (χ4n) is 3.51. The summed E-state index contributed by atoms with van der Waals surface area (Å²) in [6, 6.07) is 23.8. The lowest BCUT2D eigenvalue weighted by Crippen LogP contribution is -2.25. The number of ether oxygens (including phenoxy) is 2. The number of hydrogen-bond donors (Lipinski definition) is 1. The molecular formula is C25H23NO5. The molecule has 0 aromatic heterocycles. The van der Waals surface area contributed by atoms with Crippen LogP contribution in [-0.2, 0) is 11.4 Å². The highest BCUT2D eigenvalue weighted by molar-refractivity contribution is 5.95. The van der Waals surface area contributed by atoms with E-state index < -0.39 is 5.97 Å². The topological polar surface area (TPSA) is 76.1 Å². The number of benzene rings is 3. The molecule has 0 aliphatic carbocycles. The lowest BCUT2D eigenvalue weighted by Gasteiger charge is -2.17. The fourth-order valence-corrected chi connectivity index (χ4v) is 3.51. The summed E-state index contributed by atoms with van der Waals surface area (Å²) in [6.07, 6.45) is 0.416. The number of hydrogen-bond acceptors (Lipinski definition) is 4. The normalized spacial score (nSPS) is 15.7. The Morgan fingerprint density at radius 3 is 2.23 bits per heavy atom. The van der Waals surface area contributed by atoms with E-state index in [4.69, 9.17) is 14.6 Å². The molecular weight excluding hydrogens is 394 g/mol. The van der Waals surface area contributed by atoms with Gasteiger partial charge >= 0.3 is 5.97 Å². The summed E-state index contributed by atoms with van der Waals surface area (Å²) in [6.45, 7) is 1.47. The van der Waals surface area contributed by atoms with Crippen LogP contribution in [0.5, 0.6) is 11.5 Å². The molecule has 0 bridgehead atoms. The van der Waals surface area contributed by atoms with Gasteiger partial charge in [0.05, 0.1) is 12.2 Å². The Hall–Kier alpha value is -3.80. The second-order valence-electron chi connectivity index (χ2n) is 7.48. The maximum atomic E-state index is 12.5. The van der Waals surface area contributed by atoms with Crippen molar-refractivity contribution in [3.63, 3.8) is 0 Å². The van der Waals surface area contributed by atoms with Crippen molar-refractivity contribution in [2.75, 3.05) is 18.1 Å². The van der Waals surface area contributed by atoms with Crippen LogP contribution in [0.25, 0.3) is 0 Å². The monoisotopic (exact) mass is 417 g/mol. The van der Waals surface area contributed by atoms with Crippen LogP contribution in [0.2, 0.25) is 0 Å². The van der Waals surface area contributed by atoms with E-state index in [2.05, 4.69) is 0 Å². The molecule has 158 valence electrons. The SMILES string of the molecule is O=C(O)c1ccc(OCC2CC(=O)N(c3ccc(OCc4ccccc4)cc3)C2)cc1. The quantitative estimate of drug-likeness (QED) is 0.588. The number of amides is 1. The lowest BCUT2D eigenvalue weighted by molar-refractivity contribution is -0.117. The third-order valence-electron chi connectivity index (χ3n) is 5.19. The van der Waals surface area contributed by atoms with Crippen molar-refractivity contribution >= 4 is 17.6 Å². The summed E-state index contributed by atoms with van der Waals surface area (Å²) in [5.74, 6) is 0.508. The minimum absolute atomic E-state index is 0.0628. The largest absolute Gasteiger partial charge is 0.493 e. The predicted octanol–water partition coefficient (Wildman–Crippen LogP) is 4.40. The van der Waals surface area contributed by atoms with Gasteiger partial charge in [-0.25, -0.2) is 4.79 Å². The summed E-state index contributed by atoms with van der Waals surface area (Å²) >= 11 is 0. The summed E-state index contributed by atoms with van der Waals surface area (Å²) in [5.41, 5.74) is 2.15. The third-order valence-corrected chi connectivity index (χ3v) is 5.19. The first-order chi connectivity index (χ1) is 15.1. The molecule has 6 heteroatoms. The number of carboxylic acid groups (broad SMARTS) is 1. The summed E-state index contributed by atoms with van der Waals surface area (Å²) in [4.78, 5) is 25.2. The van der Waals surface area contributed by atoms with Crippen LogP contribution >= 0.6 is 0 Å². The van der Waals surface area contributed by atoms with Gasteiger partial charge in [-0.15, -0.1) is 0 Å². The minimum Gasteiger partial charge on any atom is -0.493 e. The number of aromatic carboxylic acids is 1. The van der Waals surface area contributed by atoms with Gasteiger partial charge in [-0.05, 0) is 54.1 Å². The molecule has 0 radical (unpaired) electrons. The highest BCUT2D eigenvalue weighted by Gasteiger charge is 2.31. The van der Waals surface area contributed by atoms with Crippen LogP contribution in [0.1, 0.15) is 22.3 Å². The van der Waals surface area contributed by atoms with Crippen LogP contribution in [0.4, 0.5) is 5.69 Å². The Morgan fingerprint density at radius 2 is 1.55 bits per heavy atom. The number of nitrogens with zero attached hydrogens (tertiary/aromatic N) is 1. The zero-order chi connectivity index (χ0) is 21.6. The Kier molecular flexibility index (Phi) is 6.17. The van der Waals surface area contributed by atoms with E-state index in [9.17, 15) is 9.59 Å². The van der Waals surface area contributed by atoms with Crippen molar-refractivity contribution in [2.45, 2.75) is 13.0 Å². The molecule has 3 aromatic carbocycles. The van der Waals surface area contributed by atoms with E-state index in [0.29, 0.717) is 31.9 Å². The molecule has 1 saturated heterocycles. The molecule has 1 heterocycles. The first-order valence-electron chi connectivity index (χ1n) is 10.1. The molecule has 1 fully saturated rings. The maximum Gasteiger partial charge on any atom is 0.335 e. The van der Waals surface area contributed by atoms with E-state index in [-0.39, 0.29) is 17.4 Å². The maximum absolute atomic E-state index is 12.5. The van der Waals surface area contributed by atoms with Gasteiger partial charge < -0.3 is 19.5 Å². The Bertz CT molecular complexity index is 1030. The zero-order valence-corrected chi connectivity index (χ0v) is 16.9. The molecule has 1 aliphatic heterocycles. The van der Waals surface area contributed by atoms with E-state index in [0.717, 1.165) is 17.0 Å². The summed E-state index contributed by atoms with van der Waals surface area (Å²) in [5, 5.41) is 8.95.